The van der Waals surface area contributed by atoms with Gasteiger partial charge in [0.1, 0.15) is 5.15 Å². The predicted octanol–water partition coefficient (Wildman–Crippen LogP) is 3.20. The summed E-state index contributed by atoms with van der Waals surface area (Å²) >= 11 is 5.76. The van der Waals surface area contributed by atoms with E-state index in [2.05, 4.69) is 18.8 Å². The Kier molecular flexibility index (Phi) is 4.36. The average molecular weight is 214 g/mol. The van der Waals surface area contributed by atoms with Crippen molar-refractivity contribution in [1.29, 1.82) is 0 Å². The Morgan fingerprint density at radius 2 is 2.07 bits per heavy atom. The van der Waals surface area contributed by atoms with Crippen LogP contribution in [0.15, 0.2) is 18.3 Å². The molecule has 0 aromatic carbocycles. The number of pyridine rings is 1. The number of aliphatic hydroxyl groups is 1. The zero-order valence-electron chi connectivity index (χ0n) is 8.57. The zero-order valence-corrected chi connectivity index (χ0v) is 9.33. The van der Waals surface area contributed by atoms with E-state index in [0.29, 0.717) is 11.1 Å². The van der Waals surface area contributed by atoms with Gasteiger partial charge in [0.15, 0.2) is 0 Å². The smallest absolute Gasteiger partial charge is 0.129 e. The first-order chi connectivity index (χ1) is 6.69. The fourth-order valence-electron chi connectivity index (χ4n) is 1.61. The standard InChI is InChI=1S/C11H16ClNO/c1-3-8(4-2)11(14)9-5-6-13-10(12)7-9/h5-8,11,14H,3-4H2,1-2H3. The highest BCUT2D eigenvalue weighted by Gasteiger charge is 2.17. The van der Waals surface area contributed by atoms with Gasteiger partial charge in [0.2, 0.25) is 0 Å². The maximum Gasteiger partial charge on any atom is 0.129 e. The lowest BCUT2D eigenvalue weighted by Crippen LogP contribution is -2.10. The Hall–Kier alpha value is -0.600. The topological polar surface area (TPSA) is 33.1 Å². The van der Waals surface area contributed by atoms with Crippen molar-refractivity contribution in [1.82, 2.24) is 4.98 Å². The van der Waals surface area contributed by atoms with Crippen LogP contribution in [-0.2, 0) is 0 Å². The molecule has 0 fully saturated rings. The van der Waals surface area contributed by atoms with Crippen LogP contribution in [-0.4, -0.2) is 10.1 Å². The number of nitrogens with zero attached hydrogens (tertiary/aromatic N) is 1. The molecule has 0 aliphatic heterocycles. The van der Waals surface area contributed by atoms with Gasteiger partial charge in [-0.15, -0.1) is 0 Å². The minimum absolute atomic E-state index is 0.300. The largest absolute Gasteiger partial charge is 0.388 e. The van der Waals surface area contributed by atoms with Crippen LogP contribution in [0.25, 0.3) is 0 Å². The molecule has 1 aromatic heterocycles. The van der Waals surface area contributed by atoms with Gasteiger partial charge in [-0.1, -0.05) is 38.3 Å². The van der Waals surface area contributed by atoms with Crippen molar-refractivity contribution in [2.24, 2.45) is 5.92 Å². The second kappa shape index (κ2) is 5.32. The van der Waals surface area contributed by atoms with Gasteiger partial charge in [-0.25, -0.2) is 4.98 Å². The first kappa shape index (κ1) is 11.5. The van der Waals surface area contributed by atoms with E-state index in [1.807, 2.05) is 6.07 Å². The molecule has 0 saturated heterocycles. The highest BCUT2D eigenvalue weighted by Crippen LogP contribution is 2.27. The summed E-state index contributed by atoms with van der Waals surface area (Å²) in [5.41, 5.74) is 0.860. The molecule has 0 amide bonds. The first-order valence-corrected chi connectivity index (χ1v) is 5.36. The second-order valence-corrected chi connectivity index (χ2v) is 3.82. The van der Waals surface area contributed by atoms with Crippen molar-refractivity contribution in [2.45, 2.75) is 32.8 Å². The van der Waals surface area contributed by atoms with Gasteiger partial charge < -0.3 is 5.11 Å². The number of hydrogen-bond donors (Lipinski definition) is 1. The van der Waals surface area contributed by atoms with Gasteiger partial charge in [0.05, 0.1) is 6.10 Å². The van der Waals surface area contributed by atoms with Crippen LogP contribution < -0.4 is 0 Å². The summed E-state index contributed by atoms with van der Waals surface area (Å²) in [6, 6.07) is 3.54. The third-order valence-electron chi connectivity index (χ3n) is 2.59. The summed E-state index contributed by atoms with van der Waals surface area (Å²) < 4.78 is 0. The van der Waals surface area contributed by atoms with Gasteiger partial charge in [-0.2, -0.15) is 0 Å². The van der Waals surface area contributed by atoms with Crippen LogP contribution in [0.4, 0.5) is 0 Å². The molecule has 1 rings (SSSR count). The molecule has 1 unspecified atom stereocenters. The van der Waals surface area contributed by atoms with Crippen LogP contribution in [0.2, 0.25) is 5.15 Å². The highest BCUT2D eigenvalue weighted by atomic mass is 35.5. The normalized spacial score (nSPS) is 13.2. The van der Waals surface area contributed by atoms with Crippen LogP contribution in [0.1, 0.15) is 38.4 Å². The minimum atomic E-state index is -0.425. The van der Waals surface area contributed by atoms with Crippen molar-refractivity contribution in [3.8, 4) is 0 Å². The van der Waals surface area contributed by atoms with Gasteiger partial charge in [-0.05, 0) is 23.6 Å². The molecule has 3 heteroatoms. The number of aliphatic hydroxyl groups excluding tert-OH is 1. The number of aromatic nitrogens is 1. The second-order valence-electron chi connectivity index (χ2n) is 3.43. The fourth-order valence-corrected chi connectivity index (χ4v) is 1.79. The number of hydrogen-bond acceptors (Lipinski definition) is 2. The van der Waals surface area contributed by atoms with E-state index < -0.39 is 6.10 Å². The lowest BCUT2D eigenvalue weighted by atomic mass is 9.92. The lowest BCUT2D eigenvalue weighted by molar-refractivity contribution is 0.103. The van der Waals surface area contributed by atoms with Gasteiger partial charge >= 0.3 is 0 Å². The summed E-state index contributed by atoms with van der Waals surface area (Å²) in [7, 11) is 0. The third-order valence-corrected chi connectivity index (χ3v) is 2.79. The van der Waals surface area contributed by atoms with Gasteiger partial charge in [0.25, 0.3) is 0 Å². The lowest BCUT2D eigenvalue weighted by Gasteiger charge is -2.20. The molecule has 1 atom stereocenters. The Balaban J connectivity index is 2.82. The SMILES string of the molecule is CCC(CC)C(O)c1ccnc(Cl)c1. The van der Waals surface area contributed by atoms with Crippen LogP contribution >= 0.6 is 11.6 Å². The Morgan fingerprint density at radius 1 is 1.43 bits per heavy atom. The fraction of sp³-hybridized carbons (Fsp3) is 0.545. The Bertz CT molecular complexity index is 286. The van der Waals surface area contributed by atoms with Crippen LogP contribution in [0.5, 0.6) is 0 Å². The molecule has 0 spiro atoms. The van der Waals surface area contributed by atoms with E-state index in [9.17, 15) is 5.11 Å². The first-order valence-electron chi connectivity index (χ1n) is 4.98. The molecular formula is C11H16ClNO. The molecule has 0 bridgehead atoms. The van der Waals surface area contributed by atoms with Crippen LogP contribution in [0.3, 0.4) is 0 Å². The van der Waals surface area contributed by atoms with Gasteiger partial charge in [-0.3, -0.25) is 0 Å². The van der Waals surface area contributed by atoms with Crippen LogP contribution in [0, 0.1) is 5.92 Å². The number of rotatable bonds is 4. The summed E-state index contributed by atoms with van der Waals surface area (Å²) in [4.78, 5) is 3.89. The summed E-state index contributed by atoms with van der Waals surface area (Å²) in [5.74, 6) is 0.300. The van der Waals surface area contributed by atoms with Crippen molar-refractivity contribution in [3.05, 3.63) is 29.0 Å². The van der Waals surface area contributed by atoms with Crippen molar-refractivity contribution < 1.29 is 5.11 Å². The van der Waals surface area contributed by atoms with E-state index in [1.165, 1.54) is 0 Å². The summed E-state index contributed by atoms with van der Waals surface area (Å²) in [5, 5.41) is 10.5. The molecule has 0 aliphatic rings. The molecule has 2 nitrogen and oxygen atoms in total. The van der Waals surface area contributed by atoms with E-state index in [-0.39, 0.29) is 0 Å². The third kappa shape index (κ3) is 2.69. The summed E-state index contributed by atoms with van der Waals surface area (Å²) in [6.07, 6.45) is 3.14. The van der Waals surface area contributed by atoms with Gasteiger partial charge in [0, 0.05) is 6.20 Å². The molecule has 1 heterocycles. The molecule has 1 N–H and O–H groups in total. The quantitative estimate of drug-likeness (QED) is 0.780. The van der Waals surface area contributed by atoms with E-state index >= 15 is 0 Å². The molecule has 0 radical (unpaired) electrons. The Labute approximate surface area is 89.9 Å². The molecule has 78 valence electrons. The van der Waals surface area contributed by atoms with E-state index in [1.54, 1.807) is 12.3 Å². The predicted molar refractivity (Wildman–Crippen MR) is 58.3 cm³/mol. The number of halogens is 1. The summed E-state index contributed by atoms with van der Waals surface area (Å²) in [6.45, 7) is 4.17. The zero-order chi connectivity index (χ0) is 10.6. The van der Waals surface area contributed by atoms with E-state index in [4.69, 9.17) is 11.6 Å². The molecule has 14 heavy (non-hydrogen) atoms. The molecule has 0 aliphatic carbocycles. The molecular weight excluding hydrogens is 198 g/mol. The highest BCUT2D eigenvalue weighted by molar-refractivity contribution is 6.29. The monoisotopic (exact) mass is 213 g/mol. The average Bonchev–Trinajstić information content (AvgIpc) is 2.19. The maximum absolute atomic E-state index is 10.0. The molecule has 0 saturated carbocycles. The van der Waals surface area contributed by atoms with Crippen molar-refractivity contribution in [3.63, 3.8) is 0 Å². The molecule has 1 aromatic rings. The maximum atomic E-state index is 10.0. The van der Waals surface area contributed by atoms with Crippen molar-refractivity contribution >= 4 is 11.6 Å². The van der Waals surface area contributed by atoms with E-state index in [0.717, 1.165) is 18.4 Å². The van der Waals surface area contributed by atoms with Crippen molar-refractivity contribution in [2.75, 3.05) is 0 Å². The minimum Gasteiger partial charge on any atom is -0.388 e. The Morgan fingerprint density at radius 3 is 2.57 bits per heavy atom.